The Morgan fingerprint density at radius 3 is 2.40 bits per heavy atom. The summed E-state index contributed by atoms with van der Waals surface area (Å²) in [6.45, 7) is 0.207. The van der Waals surface area contributed by atoms with Crippen LogP contribution in [0.5, 0.6) is 11.5 Å². The number of nitrogens with one attached hydrogen (secondary N) is 1. The van der Waals surface area contributed by atoms with Crippen molar-refractivity contribution in [1.29, 1.82) is 0 Å². The van der Waals surface area contributed by atoms with Gasteiger partial charge in [0.05, 0.1) is 33.8 Å². The monoisotopic (exact) mass is 421 g/mol. The molecule has 1 atom stereocenters. The van der Waals surface area contributed by atoms with Gasteiger partial charge in [0.25, 0.3) is 0 Å². The van der Waals surface area contributed by atoms with Crippen molar-refractivity contribution in [3.63, 3.8) is 0 Å². The van der Waals surface area contributed by atoms with Crippen LogP contribution in [0.25, 0.3) is 0 Å². The fourth-order valence-electron chi connectivity index (χ4n) is 3.12. The molecule has 1 aromatic rings. The molecular weight excluding hydrogens is 394 g/mol. The van der Waals surface area contributed by atoms with Crippen LogP contribution in [-0.4, -0.2) is 75.1 Å². The van der Waals surface area contributed by atoms with Gasteiger partial charge in [0, 0.05) is 20.0 Å². The molecule has 0 spiro atoms. The maximum atomic E-state index is 12.5. The lowest BCUT2D eigenvalue weighted by Crippen LogP contribution is -2.34. The number of esters is 1. The highest BCUT2D eigenvalue weighted by Gasteiger charge is 2.33. The first-order chi connectivity index (χ1) is 14.3. The molecule has 10 nitrogen and oxygen atoms in total. The predicted octanol–water partition coefficient (Wildman–Crippen LogP) is 1.10. The van der Waals surface area contributed by atoms with E-state index in [1.165, 1.54) is 26.2 Å². The number of methoxy groups -OCH3 is 3. The summed E-state index contributed by atoms with van der Waals surface area (Å²) in [5.74, 6) is -0.0853. The Bertz CT molecular complexity index is 812. The summed E-state index contributed by atoms with van der Waals surface area (Å²) in [5, 5.41) is 2.81. The average molecular weight is 421 g/mol. The van der Waals surface area contributed by atoms with Crippen LogP contribution in [-0.2, 0) is 19.1 Å². The second-order valence-electron chi connectivity index (χ2n) is 6.80. The summed E-state index contributed by atoms with van der Waals surface area (Å²) in [6.07, 6.45) is 0.339. The van der Waals surface area contributed by atoms with Gasteiger partial charge in [-0.25, -0.2) is 4.79 Å². The first-order valence-electron chi connectivity index (χ1n) is 9.44. The molecule has 0 saturated carbocycles. The molecule has 10 heteroatoms. The number of benzene rings is 1. The van der Waals surface area contributed by atoms with E-state index >= 15 is 0 Å². The number of ether oxygens (including phenoxy) is 3. The molecule has 1 fully saturated rings. The number of amides is 4. The van der Waals surface area contributed by atoms with Crippen LogP contribution in [0, 0.1) is 0 Å². The number of carbonyl (C=O) groups excluding carboxylic acids is 4. The molecule has 1 aliphatic rings. The second-order valence-corrected chi connectivity index (χ2v) is 6.80. The summed E-state index contributed by atoms with van der Waals surface area (Å²) in [6, 6.07) is 4.10. The number of nitrogens with zero attached hydrogens (tertiary/aromatic N) is 2. The van der Waals surface area contributed by atoms with Gasteiger partial charge < -0.3 is 24.4 Å². The normalized spacial score (nSPS) is 14.5. The number of urea groups is 1. The number of rotatable bonds is 10. The van der Waals surface area contributed by atoms with Gasteiger partial charge in [-0.1, -0.05) is 6.07 Å². The number of hydrogen-bond donors (Lipinski definition) is 1. The van der Waals surface area contributed by atoms with Crippen LogP contribution in [0.4, 0.5) is 4.79 Å². The highest BCUT2D eigenvalue weighted by Crippen LogP contribution is 2.31. The van der Waals surface area contributed by atoms with Crippen molar-refractivity contribution in [1.82, 2.24) is 15.1 Å². The van der Waals surface area contributed by atoms with E-state index in [1.54, 1.807) is 25.2 Å². The Morgan fingerprint density at radius 2 is 1.83 bits per heavy atom. The van der Waals surface area contributed by atoms with Gasteiger partial charge in [0.1, 0.15) is 6.54 Å². The quantitative estimate of drug-likeness (QED) is 0.444. The maximum Gasteiger partial charge on any atom is 0.326 e. The van der Waals surface area contributed by atoms with Gasteiger partial charge in [0.2, 0.25) is 11.8 Å². The van der Waals surface area contributed by atoms with Crippen molar-refractivity contribution in [2.45, 2.75) is 25.3 Å². The number of likely N-dealkylation sites (N-methyl/N-ethyl adjacent to an activating group) is 1. The zero-order valence-corrected chi connectivity index (χ0v) is 17.6. The SMILES string of the molecule is COC(=O)CC(NC(=O)CCCN1C(=O)CN(C)C1=O)c1ccc(OC)c(OC)c1. The third-order valence-corrected chi connectivity index (χ3v) is 4.76. The van der Waals surface area contributed by atoms with Gasteiger partial charge >= 0.3 is 12.0 Å². The number of carbonyl (C=O) groups is 4. The van der Waals surface area contributed by atoms with Gasteiger partial charge in [0.15, 0.2) is 11.5 Å². The van der Waals surface area contributed by atoms with E-state index in [1.807, 2.05) is 0 Å². The Hall–Kier alpha value is -3.30. The molecule has 1 N–H and O–H groups in total. The van der Waals surface area contributed by atoms with Crippen LogP contribution in [0.2, 0.25) is 0 Å². The summed E-state index contributed by atoms with van der Waals surface area (Å²) in [4.78, 5) is 50.4. The van der Waals surface area contributed by atoms with Crippen LogP contribution < -0.4 is 14.8 Å². The minimum atomic E-state index is -0.633. The molecule has 0 aliphatic carbocycles. The highest BCUT2D eigenvalue weighted by atomic mass is 16.5. The van der Waals surface area contributed by atoms with E-state index < -0.39 is 12.0 Å². The first kappa shape index (κ1) is 23.0. The molecule has 2 rings (SSSR count). The van der Waals surface area contributed by atoms with Crippen LogP contribution >= 0.6 is 0 Å². The molecule has 0 radical (unpaired) electrons. The Labute approximate surface area is 175 Å². The zero-order chi connectivity index (χ0) is 22.3. The molecule has 30 heavy (non-hydrogen) atoms. The van der Waals surface area contributed by atoms with Crippen molar-refractivity contribution >= 4 is 23.8 Å². The van der Waals surface area contributed by atoms with Crippen molar-refractivity contribution in [3.8, 4) is 11.5 Å². The minimum absolute atomic E-state index is 0.0472. The van der Waals surface area contributed by atoms with E-state index in [4.69, 9.17) is 14.2 Å². The zero-order valence-electron chi connectivity index (χ0n) is 17.6. The standard InChI is InChI=1S/C20H27N3O7/c1-22-12-18(25)23(20(22)27)9-5-6-17(24)21-14(11-19(26)30-4)13-7-8-15(28-2)16(10-13)29-3/h7-8,10,14H,5-6,9,11-12H2,1-4H3,(H,21,24). The summed E-state index contributed by atoms with van der Waals surface area (Å²) < 4.78 is 15.2. The number of hydrogen-bond acceptors (Lipinski definition) is 7. The Balaban J connectivity index is 2.02. The Kier molecular flexibility index (Phi) is 8.02. The van der Waals surface area contributed by atoms with Crippen LogP contribution in [0.3, 0.4) is 0 Å². The lowest BCUT2D eigenvalue weighted by Gasteiger charge is -2.20. The van der Waals surface area contributed by atoms with Crippen molar-refractivity contribution < 1.29 is 33.4 Å². The van der Waals surface area contributed by atoms with Crippen molar-refractivity contribution in [2.75, 3.05) is 41.5 Å². The van der Waals surface area contributed by atoms with Crippen LogP contribution in [0.1, 0.15) is 30.9 Å². The molecule has 0 bridgehead atoms. The van der Waals surface area contributed by atoms with E-state index in [0.29, 0.717) is 23.5 Å². The van der Waals surface area contributed by atoms with E-state index in [9.17, 15) is 19.2 Å². The largest absolute Gasteiger partial charge is 0.493 e. The molecule has 1 saturated heterocycles. The Morgan fingerprint density at radius 1 is 1.13 bits per heavy atom. The third-order valence-electron chi connectivity index (χ3n) is 4.76. The summed E-state index contributed by atoms with van der Waals surface area (Å²) in [5.41, 5.74) is 0.651. The fraction of sp³-hybridized carbons (Fsp3) is 0.500. The fourth-order valence-corrected chi connectivity index (χ4v) is 3.12. The van der Waals surface area contributed by atoms with Gasteiger partial charge in [-0.05, 0) is 24.1 Å². The van der Waals surface area contributed by atoms with E-state index in [2.05, 4.69) is 5.32 Å². The second kappa shape index (κ2) is 10.5. The molecule has 1 aliphatic heterocycles. The van der Waals surface area contributed by atoms with E-state index in [0.717, 1.165) is 4.90 Å². The van der Waals surface area contributed by atoms with Gasteiger partial charge in [-0.2, -0.15) is 0 Å². The lowest BCUT2D eigenvalue weighted by molar-refractivity contribution is -0.141. The summed E-state index contributed by atoms with van der Waals surface area (Å²) >= 11 is 0. The maximum absolute atomic E-state index is 12.5. The van der Waals surface area contributed by atoms with Crippen molar-refractivity contribution in [3.05, 3.63) is 23.8 Å². The molecule has 164 valence electrons. The third kappa shape index (κ3) is 5.62. The predicted molar refractivity (Wildman–Crippen MR) is 106 cm³/mol. The minimum Gasteiger partial charge on any atom is -0.493 e. The highest BCUT2D eigenvalue weighted by molar-refractivity contribution is 6.01. The molecule has 1 unspecified atom stereocenters. The van der Waals surface area contributed by atoms with Crippen molar-refractivity contribution in [2.24, 2.45) is 0 Å². The molecule has 0 aromatic heterocycles. The average Bonchev–Trinajstić information content (AvgIpc) is 2.98. The van der Waals surface area contributed by atoms with Gasteiger partial charge in [-0.3, -0.25) is 19.3 Å². The molecule has 1 heterocycles. The first-order valence-corrected chi connectivity index (χ1v) is 9.44. The molecule has 4 amide bonds. The van der Waals surface area contributed by atoms with E-state index in [-0.39, 0.29) is 43.8 Å². The molecule has 1 aromatic carbocycles. The smallest absolute Gasteiger partial charge is 0.326 e. The summed E-state index contributed by atoms with van der Waals surface area (Å²) in [7, 11) is 5.83. The van der Waals surface area contributed by atoms with Crippen LogP contribution in [0.15, 0.2) is 18.2 Å². The topological polar surface area (TPSA) is 114 Å². The lowest BCUT2D eigenvalue weighted by atomic mass is 10.0. The molecular formula is C20H27N3O7. The van der Waals surface area contributed by atoms with Gasteiger partial charge in [-0.15, -0.1) is 0 Å². The number of imide groups is 1.